The zero-order chi connectivity index (χ0) is 12.4. The molecule has 0 spiro atoms. The predicted molar refractivity (Wildman–Crippen MR) is 68.1 cm³/mol. The van der Waals surface area contributed by atoms with Gasteiger partial charge in [-0.1, -0.05) is 18.2 Å². The van der Waals surface area contributed by atoms with Crippen LogP contribution in [0, 0.1) is 0 Å². The van der Waals surface area contributed by atoms with E-state index in [1.807, 2.05) is 30.3 Å². The van der Waals surface area contributed by atoms with E-state index in [4.69, 9.17) is 5.73 Å². The van der Waals surface area contributed by atoms with Gasteiger partial charge in [0.25, 0.3) is 5.91 Å². The molecular formula is C12H14N4O. The number of amides is 1. The van der Waals surface area contributed by atoms with Crippen LogP contribution in [-0.4, -0.2) is 23.7 Å². The Bertz CT molecular complexity index is 488. The zero-order valence-corrected chi connectivity index (χ0v) is 9.79. The number of guanidine groups is 1. The normalized spacial score (nSPS) is 20.7. The SMILES string of the molecule is C/C(N)=N\C1=NC(C)C(=O)N1c1ccccc1. The van der Waals surface area contributed by atoms with Crippen molar-refractivity contribution in [2.75, 3.05) is 4.90 Å². The van der Waals surface area contributed by atoms with Crippen LogP contribution >= 0.6 is 0 Å². The molecule has 0 radical (unpaired) electrons. The van der Waals surface area contributed by atoms with E-state index < -0.39 is 6.04 Å². The molecule has 0 aromatic heterocycles. The smallest absolute Gasteiger partial charge is 0.258 e. The molecule has 0 saturated carbocycles. The highest BCUT2D eigenvalue weighted by Gasteiger charge is 2.32. The van der Waals surface area contributed by atoms with Crippen LogP contribution in [0.15, 0.2) is 40.3 Å². The lowest BCUT2D eigenvalue weighted by molar-refractivity contribution is -0.117. The lowest BCUT2D eigenvalue weighted by Crippen LogP contribution is -2.34. The summed E-state index contributed by atoms with van der Waals surface area (Å²) in [5.74, 6) is 0.650. The standard InChI is InChI=1S/C12H14N4O/c1-8-11(17)16(10-6-4-3-5-7-10)12(14-8)15-9(2)13/h3-8H,1-2H3,(H2,13,14,15). The molecule has 1 heterocycles. The third-order valence-electron chi connectivity index (χ3n) is 2.38. The highest BCUT2D eigenvalue weighted by atomic mass is 16.2. The Kier molecular flexibility index (Phi) is 2.91. The van der Waals surface area contributed by atoms with Gasteiger partial charge in [0, 0.05) is 0 Å². The summed E-state index contributed by atoms with van der Waals surface area (Å²) in [7, 11) is 0. The highest BCUT2D eigenvalue weighted by Crippen LogP contribution is 2.21. The summed E-state index contributed by atoms with van der Waals surface area (Å²) >= 11 is 0. The average Bonchev–Trinajstić information content (AvgIpc) is 2.55. The number of hydrogen-bond acceptors (Lipinski definition) is 3. The fourth-order valence-electron chi connectivity index (χ4n) is 1.63. The molecule has 0 saturated heterocycles. The van der Waals surface area contributed by atoms with E-state index in [1.54, 1.807) is 13.8 Å². The van der Waals surface area contributed by atoms with Crippen LogP contribution in [0.3, 0.4) is 0 Å². The van der Waals surface area contributed by atoms with Gasteiger partial charge in [0.05, 0.1) is 11.5 Å². The van der Waals surface area contributed by atoms with E-state index in [0.717, 1.165) is 5.69 Å². The molecular weight excluding hydrogens is 216 g/mol. The van der Waals surface area contributed by atoms with E-state index in [9.17, 15) is 4.79 Å². The first-order chi connectivity index (χ1) is 8.09. The molecule has 88 valence electrons. The number of benzene rings is 1. The number of carbonyl (C=O) groups is 1. The molecule has 2 rings (SSSR count). The van der Waals surface area contributed by atoms with E-state index >= 15 is 0 Å². The van der Waals surface area contributed by atoms with Crippen LogP contribution in [0.5, 0.6) is 0 Å². The minimum absolute atomic E-state index is 0.0869. The maximum Gasteiger partial charge on any atom is 0.258 e. The first-order valence-corrected chi connectivity index (χ1v) is 5.37. The van der Waals surface area contributed by atoms with Crippen LogP contribution in [0.25, 0.3) is 0 Å². The molecule has 0 aliphatic carbocycles. The van der Waals surface area contributed by atoms with Gasteiger partial charge in [0.1, 0.15) is 6.04 Å². The van der Waals surface area contributed by atoms with Crippen molar-refractivity contribution in [2.45, 2.75) is 19.9 Å². The monoisotopic (exact) mass is 230 g/mol. The third-order valence-corrected chi connectivity index (χ3v) is 2.38. The minimum Gasteiger partial charge on any atom is -0.387 e. The van der Waals surface area contributed by atoms with Gasteiger partial charge in [-0.05, 0) is 26.0 Å². The Morgan fingerprint density at radius 1 is 1.41 bits per heavy atom. The molecule has 1 unspecified atom stereocenters. The summed E-state index contributed by atoms with van der Waals surface area (Å²) in [5, 5.41) is 0. The van der Waals surface area contributed by atoms with E-state index in [2.05, 4.69) is 9.98 Å². The number of carbonyl (C=O) groups excluding carboxylic acids is 1. The van der Waals surface area contributed by atoms with Crippen LogP contribution in [0.1, 0.15) is 13.8 Å². The zero-order valence-electron chi connectivity index (χ0n) is 9.79. The van der Waals surface area contributed by atoms with Crippen molar-refractivity contribution in [2.24, 2.45) is 15.7 Å². The number of aliphatic imine (C=N–C) groups is 2. The number of rotatable bonds is 1. The number of nitrogens with zero attached hydrogens (tertiary/aromatic N) is 3. The molecule has 1 aliphatic rings. The van der Waals surface area contributed by atoms with Gasteiger partial charge >= 0.3 is 0 Å². The maximum absolute atomic E-state index is 12.0. The lowest BCUT2D eigenvalue weighted by Gasteiger charge is -2.16. The molecule has 0 fully saturated rings. The lowest BCUT2D eigenvalue weighted by atomic mass is 10.2. The summed E-state index contributed by atoms with van der Waals surface area (Å²) in [6, 6.07) is 8.89. The second-order valence-electron chi connectivity index (χ2n) is 3.87. The van der Waals surface area contributed by atoms with Crippen LogP contribution < -0.4 is 10.6 Å². The molecule has 1 aromatic rings. The van der Waals surface area contributed by atoms with Gasteiger partial charge in [0.15, 0.2) is 0 Å². The maximum atomic E-state index is 12.0. The molecule has 5 heteroatoms. The molecule has 0 bridgehead atoms. The van der Waals surface area contributed by atoms with Crippen molar-refractivity contribution < 1.29 is 4.79 Å². The molecule has 2 N–H and O–H groups in total. The number of amidine groups is 1. The van der Waals surface area contributed by atoms with Gasteiger partial charge in [-0.3, -0.25) is 4.79 Å². The average molecular weight is 230 g/mol. The fourth-order valence-corrected chi connectivity index (χ4v) is 1.63. The number of anilines is 1. The van der Waals surface area contributed by atoms with Crippen LogP contribution in [-0.2, 0) is 4.79 Å². The molecule has 17 heavy (non-hydrogen) atoms. The molecule has 1 amide bonds. The summed E-state index contributed by atoms with van der Waals surface area (Å²) in [6.45, 7) is 3.41. The van der Waals surface area contributed by atoms with Gasteiger partial charge in [0.2, 0.25) is 5.96 Å². The van der Waals surface area contributed by atoms with Gasteiger partial charge in [-0.2, -0.15) is 0 Å². The predicted octanol–water partition coefficient (Wildman–Crippen LogP) is 1.15. The van der Waals surface area contributed by atoms with Crippen molar-refractivity contribution in [1.82, 2.24) is 0 Å². The number of para-hydroxylation sites is 1. The quantitative estimate of drug-likeness (QED) is 0.580. The summed E-state index contributed by atoms with van der Waals surface area (Å²) < 4.78 is 0. The van der Waals surface area contributed by atoms with Crippen LogP contribution in [0.2, 0.25) is 0 Å². The Labute approximate surface area is 99.7 Å². The van der Waals surface area contributed by atoms with Gasteiger partial charge in [-0.25, -0.2) is 14.9 Å². The minimum atomic E-state index is -0.409. The first-order valence-electron chi connectivity index (χ1n) is 5.37. The number of hydrogen-bond donors (Lipinski definition) is 1. The second kappa shape index (κ2) is 4.37. The molecule has 1 aliphatic heterocycles. The summed E-state index contributed by atoms with van der Waals surface area (Å²) in [5.41, 5.74) is 6.29. The van der Waals surface area contributed by atoms with E-state index in [1.165, 1.54) is 4.90 Å². The first kappa shape index (κ1) is 11.3. The van der Waals surface area contributed by atoms with Crippen molar-refractivity contribution in [3.63, 3.8) is 0 Å². The molecule has 5 nitrogen and oxygen atoms in total. The van der Waals surface area contributed by atoms with Gasteiger partial charge < -0.3 is 5.73 Å². The third kappa shape index (κ3) is 2.18. The van der Waals surface area contributed by atoms with E-state index in [0.29, 0.717) is 11.8 Å². The highest BCUT2D eigenvalue weighted by molar-refractivity contribution is 6.23. The largest absolute Gasteiger partial charge is 0.387 e. The molecule has 1 atom stereocenters. The molecule has 1 aromatic carbocycles. The van der Waals surface area contributed by atoms with Crippen molar-refractivity contribution in [3.8, 4) is 0 Å². The Balaban J connectivity index is 2.41. The summed E-state index contributed by atoms with van der Waals surface area (Å²) in [6.07, 6.45) is 0. The van der Waals surface area contributed by atoms with Crippen LogP contribution in [0.4, 0.5) is 5.69 Å². The van der Waals surface area contributed by atoms with Gasteiger partial charge in [-0.15, -0.1) is 0 Å². The van der Waals surface area contributed by atoms with E-state index in [-0.39, 0.29) is 5.91 Å². The van der Waals surface area contributed by atoms with Crippen molar-refractivity contribution in [1.29, 1.82) is 0 Å². The summed E-state index contributed by atoms with van der Waals surface area (Å²) in [4.78, 5) is 21.8. The Morgan fingerprint density at radius 2 is 2.06 bits per heavy atom. The van der Waals surface area contributed by atoms with Crippen molar-refractivity contribution in [3.05, 3.63) is 30.3 Å². The second-order valence-corrected chi connectivity index (χ2v) is 3.87. The fraction of sp³-hybridized carbons (Fsp3) is 0.250. The topological polar surface area (TPSA) is 71.0 Å². The Morgan fingerprint density at radius 3 is 2.65 bits per heavy atom. The number of nitrogens with two attached hydrogens (primary N) is 1. The Hall–Kier alpha value is -2.17. The van der Waals surface area contributed by atoms with Crippen molar-refractivity contribution >= 4 is 23.4 Å².